The normalized spacial score (nSPS) is 11.4. The van der Waals surface area contributed by atoms with E-state index in [1.54, 1.807) is 6.92 Å². The van der Waals surface area contributed by atoms with Crippen molar-refractivity contribution in [2.24, 2.45) is 0 Å². The first kappa shape index (κ1) is 19.5. The molecule has 0 spiro atoms. The van der Waals surface area contributed by atoms with Gasteiger partial charge in [-0.05, 0) is 39.3 Å². The van der Waals surface area contributed by atoms with E-state index in [9.17, 15) is 18.7 Å². The van der Waals surface area contributed by atoms with Gasteiger partial charge >= 0.3 is 11.9 Å². The van der Waals surface area contributed by atoms with Crippen LogP contribution in [0.3, 0.4) is 0 Å². The van der Waals surface area contributed by atoms with Crippen LogP contribution < -0.4 is 0 Å². The number of halogens is 2. The zero-order valence-corrected chi connectivity index (χ0v) is 12.7. The van der Waals surface area contributed by atoms with Crippen LogP contribution in [-0.4, -0.2) is 29.4 Å². The molecule has 0 aliphatic rings. The standard InChI is InChI=1S/C13H16F2O3.C2H6O/c1-4-18-11(16)13(14,15)10-7-5-6-9(8-10)12(2,3)17;1-2-3/h5-8,17H,4H2,1-3H3;3H,2H2,1H3. The molecule has 2 N–H and O–H groups in total. The number of benzene rings is 1. The van der Waals surface area contributed by atoms with Crippen molar-refractivity contribution in [3.63, 3.8) is 0 Å². The Labute approximate surface area is 123 Å². The Kier molecular flexibility index (Phi) is 7.46. The molecule has 0 heterocycles. The number of alkyl halides is 2. The molecule has 0 saturated carbocycles. The molecule has 0 bridgehead atoms. The van der Waals surface area contributed by atoms with Gasteiger partial charge in [0.05, 0.1) is 12.2 Å². The van der Waals surface area contributed by atoms with Gasteiger partial charge in [0.1, 0.15) is 0 Å². The quantitative estimate of drug-likeness (QED) is 0.839. The van der Waals surface area contributed by atoms with Gasteiger partial charge in [-0.3, -0.25) is 0 Å². The third-order valence-corrected chi connectivity index (χ3v) is 2.46. The van der Waals surface area contributed by atoms with Gasteiger partial charge in [0.15, 0.2) is 0 Å². The molecule has 0 aliphatic heterocycles. The average Bonchev–Trinajstić information content (AvgIpc) is 2.39. The molecule has 1 aromatic carbocycles. The Morgan fingerprint density at radius 2 is 1.71 bits per heavy atom. The zero-order valence-electron chi connectivity index (χ0n) is 12.7. The molecular weight excluding hydrogens is 282 g/mol. The second-order valence-corrected chi connectivity index (χ2v) is 4.75. The van der Waals surface area contributed by atoms with E-state index in [0.717, 1.165) is 12.1 Å². The highest BCUT2D eigenvalue weighted by Crippen LogP contribution is 2.32. The van der Waals surface area contributed by atoms with Gasteiger partial charge in [-0.2, -0.15) is 8.78 Å². The first-order valence-electron chi connectivity index (χ1n) is 6.60. The summed E-state index contributed by atoms with van der Waals surface area (Å²) in [5, 5.41) is 17.3. The molecule has 0 unspecified atom stereocenters. The summed E-state index contributed by atoms with van der Waals surface area (Å²) >= 11 is 0. The fourth-order valence-electron chi connectivity index (χ4n) is 1.43. The minimum atomic E-state index is -3.71. The van der Waals surface area contributed by atoms with E-state index in [-0.39, 0.29) is 13.2 Å². The molecule has 21 heavy (non-hydrogen) atoms. The zero-order chi connectivity index (χ0) is 16.7. The number of rotatable bonds is 4. The van der Waals surface area contributed by atoms with Crippen LogP contribution in [0.4, 0.5) is 8.78 Å². The SMILES string of the molecule is CCO.CCOC(=O)C(F)(F)c1cccc(C(C)(C)O)c1. The molecule has 0 aromatic heterocycles. The molecule has 4 nitrogen and oxygen atoms in total. The lowest BCUT2D eigenvalue weighted by Crippen LogP contribution is -2.29. The van der Waals surface area contributed by atoms with Crippen molar-refractivity contribution < 1.29 is 28.5 Å². The van der Waals surface area contributed by atoms with E-state index in [0.29, 0.717) is 5.56 Å². The summed E-state index contributed by atoms with van der Waals surface area (Å²) in [6.45, 7) is 6.24. The second kappa shape index (κ2) is 8.05. The van der Waals surface area contributed by atoms with Crippen molar-refractivity contribution in [3.8, 4) is 0 Å². The Balaban J connectivity index is 0.00000122. The second-order valence-electron chi connectivity index (χ2n) is 4.75. The highest BCUT2D eigenvalue weighted by molar-refractivity contribution is 5.79. The van der Waals surface area contributed by atoms with Crippen LogP contribution in [0, 0.1) is 0 Å². The van der Waals surface area contributed by atoms with Crippen molar-refractivity contribution in [2.75, 3.05) is 13.2 Å². The summed E-state index contributed by atoms with van der Waals surface area (Å²) in [7, 11) is 0. The Bertz CT molecular complexity index is 453. The summed E-state index contributed by atoms with van der Waals surface area (Å²) in [5.41, 5.74) is -1.43. The van der Waals surface area contributed by atoms with Crippen LogP contribution in [-0.2, 0) is 21.1 Å². The molecular formula is C15H22F2O4. The molecule has 1 aromatic rings. The van der Waals surface area contributed by atoms with Crippen LogP contribution in [0.2, 0.25) is 0 Å². The number of hydrogen-bond donors (Lipinski definition) is 2. The fraction of sp³-hybridized carbons (Fsp3) is 0.533. The maximum atomic E-state index is 13.7. The number of hydrogen-bond acceptors (Lipinski definition) is 4. The summed E-state index contributed by atoms with van der Waals surface area (Å²) in [5.74, 6) is -5.30. The number of carbonyl (C=O) groups excluding carboxylic acids is 1. The van der Waals surface area contributed by atoms with Crippen molar-refractivity contribution in [3.05, 3.63) is 35.4 Å². The Morgan fingerprint density at radius 3 is 2.14 bits per heavy atom. The van der Waals surface area contributed by atoms with Gasteiger partial charge in [0.25, 0.3) is 0 Å². The van der Waals surface area contributed by atoms with E-state index in [1.165, 1.54) is 32.9 Å². The number of aliphatic hydroxyl groups excluding tert-OH is 1. The summed E-state index contributed by atoms with van der Waals surface area (Å²) in [4.78, 5) is 11.2. The third-order valence-electron chi connectivity index (χ3n) is 2.46. The van der Waals surface area contributed by atoms with E-state index in [2.05, 4.69) is 4.74 Å². The lowest BCUT2D eigenvalue weighted by molar-refractivity contribution is -0.173. The van der Waals surface area contributed by atoms with Crippen LogP contribution in [0.1, 0.15) is 38.8 Å². The predicted octanol–water partition coefficient (Wildman–Crippen LogP) is 2.57. The third kappa shape index (κ3) is 5.77. The van der Waals surface area contributed by atoms with Gasteiger partial charge in [-0.25, -0.2) is 4.79 Å². The highest BCUT2D eigenvalue weighted by Gasteiger charge is 2.43. The number of esters is 1. The van der Waals surface area contributed by atoms with Gasteiger partial charge in [0.2, 0.25) is 0 Å². The van der Waals surface area contributed by atoms with Crippen LogP contribution >= 0.6 is 0 Å². The van der Waals surface area contributed by atoms with Crippen molar-refractivity contribution >= 4 is 5.97 Å². The lowest BCUT2D eigenvalue weighted by Gasteiger charge is -2.21. The molecule has 6 heteroatoms. The summed E-state index contributed by atoms with van der Waals surface area (Å²) in [6, 6.07) is 5.13. The largest absolute Gasteiger partial charge is 0.461 e. The molecule has 0 fully saturated rings. The summed E-state index contributed by atoms with van der Waals surface area (Å²) < 4.78 is 31.8. The van der Waals surface area contributed by atoms with E-state index >= 15 is 0 Å². The predicted molar refractivity (Wildman–Crippen MR) is 75.0 cm³/mol. The monoisotopic (exact) mass is 304 g/mol. The van der Waals surface area contributed by atoms with Gasteiger partial charge in [-0.1, -0.05) is 18.2 Å². The highest BCUT2D eigenvalue weighted by atomic mass is 19.3. The molecule has 0 atom stereocenters. The van der Waals surface area contributed by atoms with Crippen LogP contribution in [0.25, 0.3) is 0 Å². The van der Waals surface area contributed by atoms with Crippen molar-refractivity contribution in [1.29, 1.82) is 0 Å². The van der Waals surface area contributed by atoms with Crippen LogP contribution in [0.5, 0.6) is 0 Å². The van der Waals surface area contributed by atoms with Crippen molar-refractivity contribution in [2.45, 2.75) is 39.2 Å². The first-order valence-corrected chi connectivity index (χ1v) is 6.60. The van der Waals surface area contributed by atoms with Crippen LogP contribution in [0.15, 0.2) is 24.3 Å². The lowest BCUT2D eigenvalue weighted by atomic mass is 9.95. The number of ether oxygens (including phenoxy) is 1. The van der Waals surface area contributed by atoms with Gasteiger partial charge < -0.3 is 14.9 Å². The fourth-order valence-corrected chi connectivity index (χ4v) is 1.43. The summed E-state index contributed by atoms with van der Waals surface area (Å²) in [6.07, 6.45) is 0. The Hall–Kier alpha value is -1.53. The van der Waals surface area contributed by atoms with Crippen molar-refractivity contribution in [1.82, 2.24) is 0 Å². The van der Waals surface area contributed by atoms with E-state index in [1.807, 2.05) is 0 Å². The maximum absolute atomic E-state index is 13.7. The molecule has 0 saturated heterocycles. The Morgan fingerprint density at radius 1 is 1.24 bits per heavy atom. The molecule has 0 amide bonds. The van der Waals surface area contributed by atoms with Gasteiger partial charge in [0, 0.05) is 12.2 Å². The van der Waals surface area contributed by atoms with E-state index in [4.69, 9.17) is 5.11 Å². The maximum Gasteiger partial charge on any atom is 0.381 e. The molecule has 0 radical (unpaired) electrons. The van der Waals surface area contributed by atoms with Gasteiger partial charge in [-0.15, -0.1) is 0 Å². The van der Waals surface area contributed by atoms with E-state index < -0.39 is 23.1 Å². The minimum absolute atomic E-state index is 0.112. The average molecular weight is 304 g/mol. The molecule has 0 aliphatic carbocycles. The number of aliphatic hydroxyl groups is 2. The first-order chi connectivity index (χ1) is 9.61. The topological polar surface area (TPSA) is 66.8 Å². The number of carbonyl (C=O) groups is 1. The smallest absolute Gasteiger partial charge is 0.381 e. The minimum Gasteiger partial charge on any atom is -0.461 e. The molecule has 120 valence electrons. The molecule has 1 rings (SSSR count).